The lowest BCUT2D eigenvalue weighted by atomic mass is 10.2. The summed E-state index contributed by atoms with van der Waals surface area (Å²) in [7, 11) is 1.59. The largest absolute Gasteiger partial charge is 0.494 e. The molecule has 1 N–H and O–H groups in total. The number of pyridine rings is 1. The highest BCUT2D eigenvalue weighted by Crippen LogP contribution is 2.33. The number of ether oxygens (including phenoxy) is 2. The number of nitrogens with zero attached hydrogens (tertiary/aromatic N) is 5. The average molecular weight is 493 g/mol. The molecule has 0 radical (unpaired) electrons. The van der Waals surface area contributed by atoms with E-state index in [1.807, 2.05) is 45.8 Å². The zero-order chi connectivity index (χ0) is 24.4. The molecule has 1 saturated heterocycles. The minimum absolute atomic E-state index is 0.0829. The number of likely N-dealkylation sites (tertiary alicyclic amines) is 1. The van der Waals surface area contributed by atoms with Crippen LogP contribution in [-0.4, -0.2) is 56.5 Å². The third kappa shape index (κ3) is 4.72. The summed E-state index contributed by atoms with van der Waals surface area (Å²) < 4.78 is 13.5. The number of amides is 1. The van der Waals surface area contributed by atoms with E-state index in [0.717, 1.165) is 30.7 Å². The second-order valence-electron chi connectivity index (χ2n) is 8.27. The monoisotopic (exact) mass is 492 g/mol. The van der Waals surface area contributed by atoms with Crippen molar-refractivity contribution in [2.45, 2.75) is 25.8 Å². The number of carbonyl (C=O) groups is 1. The van der Waals surface area contributed by atoms with Gasteiger partial charge in [-0.1, -0.05) is 17.7 Å². The SMILES string of the molecule is COc1cc(OC[C@@H]2CCCN2C(C)=O)ccc1Nc1ncc(Cl)c(-c2cnc3ccccn23)n1. The zero-order valence-electron chi connectivity index (χ0n) is 19.4. The molecule has 4 heterocycles. The molecular formula is C25H25ClN6O3. The van der Waals surface area contributed by atoms with Crippen LogP contribution >= 0.6 is 11.6 Å². The molecule has 0 unspecified atom stereocenters. The fraction of sp³-hybridized carbons (Fsp3) is 0.280. The number of rotatable bonds is 7. The summed E-state index contributed by atoms with van der Waals surface area (Å²) in [6, 6.07) is 11.3. The van der Waals surface area contributed by atoms with E-state index >= 15 is 0 Å². The predicted molar refractivity (Wildman–Crippen MR) is 133 cm³/mol. The number of hydrogen-bond donors (Lipinski definition) is 1. The number of fused-ring (bicyclic) bond motifs is 1. The number of carbonyl (C=O) groups excluding carboxylic acids is 1. The minimum atomic E-state index is 0.0829. The Bertz CT molecular complexity index is 1370. The van der Waals surface area contributed by atoms with E-state index in [-0.39, 0.29) is 11.9 Å². The molecule has 5 rings (SSSR count). The van der Waals surface area contributed by atoms with E-state index in [9.17, 15) is 4.79 Å². The lowest BCUT2D eigenvalue weighted by Crippen LogP contribution is -2.37. The van der Waals surface area contributed by atoms with Crippen molar-refractivity contribution < 1.29 is 14.3 Å². The summed E-state index contributed by atoms with van der Waals surface area (Å²) >= 11 is 6.43. The van der Waals surface area contributed by atoms with E-state index in [0.29, 0.717) is 40.5 Å². The van der Waals surface area contributed by atoms with Crippen molar-refractivity contribution in [3.8, 4) is 22.9 Å². The molecule has 1 atom stereocenters. The Hall–Kier alpha value is -3.85. The second-order valence-corrected chi connectivity index (χ2v) is 8.68. The topological polar surface area (TPSA) is 93.9 Å². The van der Waals surface area contributed by atoms with E-state index in [2.05, 4.69) is 20.3 Å². The van der Waals surface area contributed by atoms with Gasteiger partial charge in [0.2, 0.25) is 11.9 Å². The maximum Gasteiger partial charge on any atom is 0.227 e. The fourth-order valence-electron chi connectivity index (χ4n) is 4.32. The van der Waals surface area contributed by atoms with Crippen LogP contribution in [0.1, 0.15) is 19.8 Å². The van der Waals surface area contributed by atoms with Gasteiger partial charge in [0.1, 0.15) is 29.4 Å². The van der Waals surface area contributed by atoms with Gasteiger partial charge in [-0.15, -0.1) is 0 Å². The van der Waals surface area contributed by atoms with E-state index in [1.54, 1.807) is 32.5 Å². The Labute approximate surface area is 207 Å². The van der Waals surface area contributed by atoms with Crippen LogP contribution in [0, 0.1) is 0 Å². The van der Waals surface area contributed by atoms with Gasteiger partial charge in [-0.05, 0) is 37.1 Å². The summed E-state index contributed by atoms with van der Waals surface area (Å²) in [4.78, 5) is 27.0. The minimum Gasteiger partial charge on any atom is -0.494 e. The highest BCUT2D eigenvalue weighted by Gasteiger charge is 2.27. The maximum absolute atomic E-state index is 11.8. The van der Waals surface area contributed by atoms with E-state index in [1.165, 1.54) is 0 Å². The lowest BCUT2D eigenvalue weighted by molar-refractivity contribution is -0.130. The summed E-state index contributed by atoms with van der Waals surface area (Å²) in [5.74, 6) is 1.68. The quantitative estimate of drug-likeness (QED) is 0.403. The third-order valence-corrected chi connectivity index (χ3v) is 6.32. The Balaban J connectivity index is 1.35. The van der Waals surface area contributed by atoms with Crippen LogP contribution in [0.25, 0.3) is 17.0 Å². The molecule has 1 aliphatic rings. The molecule has 0 saturated carbocycles. The first-order chi connectivity index (χ1) is 17.0. The molecule has 1 aliphatic heterocycles. The van der Waals surface area contributed by atoms with Crippen LogP contribution in [0.2, 0.25) is 5.02 Å². The summed E-state index contributed by atoms with van der Waals surface area (Å²) in [5.41, 5.74) is 2.80. The van der Waals surface area contributed by atoms with Gasteiger partial charge < -0.3 is 19.7 Å². The van der Waals surface area contributed by atoms with Crippen molar-refractivity contribution in [1.29, 1.82) is 0 Å². The number of hydrogen-bond acceptors (Lipinski definition) is 7. The molecule has 10 heteroatoms. The molecule has 0 spiro atoms. The summed E-state index contributed by atoms with van der Waals surface area (Å²) in [6.45, 7) is 2.83. The van der Waals surface area contributed by atoms with Gasteiger partial charge >= 0.3 is 0 Å². The molecule has 0 aliphatic carbocycles. The highest BCUT2D eigenvalue weighted by atomic mass is 35.5. The summed E-state index contributed by atoms with van der Waals surface area (Å²) in [6.07, 6.45) is 7.14. The smallest absolute Gasteiger partial charge is 0.227 e. The van der Waals surface area contributed by atoms with Gasteiger partial charge in [-0.25, -0.2) is 15.0 Å². The molecule has 1 aromatic carbocycles. The van der Waals surface area contributed by atoms with Crippen LogP contribution in [-0.2, 0) is 4.79 Å². The Morgan fingerprint density at radius 2 is 2.11 bits per heavy atom. The number of aromatic nitrogens is 4. The number of nitrogens with one attached hydrogen (secondary N) is 1. The van der Waals surface area contributed by atoms with Crippen molar-refractivity contribution in [1.82, 2.24) is 24.3 Å². The Morgan fingerprint density at radius 3 is 2.94 bits per heavy atom. The molecule has 1 fully saturated rings. The van der Waals surface area contributed by atoms with E-state index in [4.69, 9.17) is 21.1 Å². The van der Waals surface area contributed by atoms with Crippen LogP contribution in [0.5, 0.6) is 11.5 Å². The average Bonchev–Trinajstić information content (AvgIpc) is 3.52. The van der Waals surface area contributed by atoms with Crippen molar-refractivity contribution in [3.63, 3.8) is 0 Å². The number of methoxy groups -OCH3 is 1. The van der Waals surface area contributed by atoms with Crippen molar-refractivity contribution >= 4 is 34.8 Å². The van der Waals surface area contributed by atoms with Crippen LogP contribution < -0.4 is 14.8 Å². The molecule has 3 aromatic heterocycles. The molecule has 9 nitrogen and oxygen atoms in total. The molecule has 180 valence electrons. The van der Waals surface area contributed by atoms with Crippen molar-refractivity contribution in [2.75, 3.05) is 25.6 Å². The van der Waals surface area contributed by atoms with E-state index < -0.39 is 0 Å². The van der Waals surface area contributed by atoms with Gasteiger partial charge in [0.15, 0.2) is 0 Å². The van der Waals surface area contributed by atoms with Gasteiger partial charge in [-0.2, -0.15) is 0 Å². The zero-order valence-corrected chi connectivity index (χ0v) is 20.2. The van der Waals surface area contributed by atoms with Gasteiger partial charge in [0.05, 0.1) is 41.9 Å². The fourth-order valence-corrected chi connectivity index (χ4v) is 4.50. The summed E-state index contributed by atoms with van der Waals surface area (Å²) in [5, 5.41) is 3.62. The Morgan fingerprint density at radius 1 is 1.23 bits per heavy atom. The van der Waals surface area contributed by atoms with Crippen LogP contribution in [0.3, 0.4) is 0 Å². The molecule has 0 bridgehead atoms. The first-order valence-corrected chi connectivity index (χ1v) is 11.7. The third-order valence-electron chi connectivity index (χ3n) is 6.05. The highest BCUT2D eigenvalue weighted by molar-refractivity contribution is 6.32. The normalized spacial score (nSPS) is 15.4. The maximum atomic E-state index is 11.8. The lowest BCUT2D eigenvalue weighted by Gasteiger charge is -2.23. The van der Waals surface area contributed by atoms with Gasteiger partial charge in [0, 0.05) is 25.7 Å². The molecule has 35 heavy (non-hydrogen) atoms. The second kappa shape index (κ2) is 9.79. The van der Waals surface area contributed by atoms with Crippen molar-refractivity contribution in [3.05, 3.63) is 60.0 Å². The number of halogens is 1. The molecular weight excluding hydrogens is 468 g/mol. The molecule has 4 aromatic rings. The van der Waals surface area contributed by atoms with Crippen LogP contribution in [0.4, 0.5) is 11.6 Å². The Kier molecular flexibility index (Phi) is 6.41. The van der Waals surface area contributed by atoms with Gasteiger partial charge in [-0.3, -0.25) is 9.20 Å². The number of benzene rings is 1. The molecule has 1 amide bonds. The van der Waals surface area contributed by atoms with Gasteiger partial charge in [0.25, 0.3) is 0 Å². The predicted octanol–water partition coefficient (Wildman–Crippen LogP) is 4.59. The standard InChI is InChI=1S/C25H25ClN6O3/c1-16(33)31-11-5-6-17(31)15-35-18-8-9-20(22(12-18)34-2)29-25-28-13-19(26)24(30-25)21-14-27-23-7-3-4-10-32(21)23/h3-4,7-10,12-14,17H,5-6,11,15H2,1-2H3,(H,28,29,30)/t17-/m0/s1. The number of imidazole rings is 1. The number of anilines is 2. The van der Waals surface area contributed by atoms with Crippen LogP contribution in [0.15, 0.2) is 55.0 Å². The van der Waals surface area contributed by atoms with Crippen molar-refractivity contribution in [2.24, 2.45) is 0 Å². The first-order valence-electron chi connectivity index (χ1n) is 11.3. The first kappa shape index (κ1) is 22.9.